The van der Waals surface area contributed by atoms with Crippen molar-refractivity contribution in [1.29, 1.82) is 0 Å². The molecule has 3 nitrogen and oxygen atoms in total. The van der Waals surface area contributed by atoms with E-state index in [0.29, 0.717) is 6.04 Å². The van der Waals surface area contributed by atoms with Crippen LogP contribution in [0.3, 0.4) is 0 Å². The van der Waals surface area contributed by atoms with Crippen molar-refractivity contribution in [2.75, 3.05) is 19.4 Å². The second-order valence-electron chi connectivity index (χ2n) is 4.23. The van der Waals surface area contributed by atoms with Crippen LogP contribution in [0.1, 0.15) is 26.3 Å². The predicted octanol–water partition coefficient (Wildman–Crippen LogP) is 2.51. The maximum Gasteiger partial charge on any atom is 0.125 e. The Labute approximate surface area is 98.2 Å². The minimum Gasteiger partial charge on any atom is -0.496 e. The predicted molar refractivity (Wildman–Crippen MR) is 68.6 cm³/mol. The number of anilines is 1. The molecule has 0 aromatic heterocycles. The fourth-order valence-electron chi connectivity index (χ4n) is 1.77. The third-order valence-corrected chi connectivity index (χ3v) is 2.82. The van der Waals surface area contributed by atoms with E-state index in [1.165, 1.54) is 5.56 Å². The van der Waals surface area contributed by atoms with E-state index in [-0.39, 0.29) is 0 Å². The molecule has 0 aliphatic carbocycles. The average molecular weight is 222 g/mol. The zero-order chi connectivity index (χ0) is 12.1. The Balaban J connectivity index is 2.87. The van der Waals surface area contributed by atoms with Crippen LogP contribution < -0.4 is 10.5 Å². The first kappa shape index (κ1) is 12.8. The molecule has 0 atom stereocenters. The molecule has 3 heteroatoms. The van der Waals surface area contributed by atoms with Gasteiger partial charge in [0.25, 0.3) is 0 Å². The standard InChI is InChI=1S/C13H22N2O/c1-5-15(10(2)3)9-11-6-7-12(14)8-13(11)16-4/h6-8,10H,5,9,14H2,1-4H3. The first-order chi connectivity index (χ1) is 7.58. The van der Waals surface area contributed by atoms with Crippen molar-refractivity contribution >= 4 is 5.69 Å². The molecule has 0 amide bonds. The lowest BCUT2D eigenvalue weighted by molar-refractivity contribution is 0.222. The monoisotopic (exact) mass is 222 g/mol. The summed E-state index contributed by atoms with van der Waals surface area (Å²) in [5.74, 6) is 0.874. The smallest absolute Gasteiger partial charge is 0.125 e. The van der Waals surface area contributed by atoms with Crippen LogP contribution in [-0.2, 0) is 6.54 Å². The van der Waals surface area contributed by atoms with Gasteiger partial charge in [-0.3, -0.25) is 4.90 Å². The van der Waals surface area contributed by atoms with Crippen LogP contribution in [0, 0.1) is 0 Å². The number of benzene rings is 1. The van der Waals surface area contributed by atoms with Crippen molar-refractivity contribution in [2.45, 2.75) is 33.4 Å². The molecule has 0 saturated heterocycles. The van der Waals surface area contributed by atoms with Gasteiger partial charge >= 0.3 is 0 Å². The molecule has 0 aliphatic rings. The molecular weight excluding hydrogens is 200 g/mol. The van der Waals surface area contributed by atoms with Crippen molar-refractivity contribution < 1.29 is 4.74 Å². The van der Waals surface area contributed by atoms with E-state index < -0.39 is 0 Å². The Morgan fingerprint density at radius 1 is 1.38 bits per heavy atom. The molecule has 0 fully saturated rings. The molecule has 1 aromatic rings. The molecule has 0 radical (unpaired) electrons. The Kier molecular flexibility index (Phi) is 4.62. The number of hydrogen-bond acceptors (Lipinski definition) is 3. The van der Waals surface area contributed by atoms with Gasteiger partial charge in [-0.2, -0.15) is 0 Å². The van der Waals surface area contributed by atoms with Crippen LogP contribution in [0.5, 0.6) is 5.75 Å². The van der Waals surface area contributed by atoms with Gasteiger partial charge in [-0.25, -0.2) is 0 Å². The summed E-state index contributed by atoms with van der Waals surface area (Å²) in [6.07, 6.45) is 0. The summed E-state index contributed by atoms with van der Waals surface area (Å²) in [4.78, 5) is 2.38. The highest BCUT2D eigenvalue weighted by atomic mass is 16.5. The fourth-order valence-corrected chi connectivity index (χ4v) is 1.77. The Morgan fingerprint density at radius 3 is 2.56 bits per heavy atom. The second kappa shape index (κ2) is 5.75. The van der Waals surface area contributed by atoms with E-state index in [1.54, 1.807) is 7.11 Å². The van der Waals surface area contributed by atoms with Crippen LogP contribution in [0.2, 0.25) is 0 Å². The normalized spacial score (nSPS) is 11.1. The SMILES string of the molecule is CCN(Cc1ccc(N)cc1OC)C(C)C. The van der Waals surface area contributed by atoms with Crippen molar-refractivity contribution in [3.8, 4) is 5.75 Å². The van der Waals surface area contributed by atoms with Gasteiger partial charge in [0.1, 0.15) is 5.75 Å². The van der Waals surface area contributed by atoms with Crippen molar-refractivity contribution in [1.82, 2.24) is 4.90 Å². The van der Waals surface area contributed by atoms with Crippen molar-refractivity contribution in [3.63, 3.8) is 0 Å². The van der Waals surface area contributed by atoms with Gasteiger partial charge < -0.3 is 10.5 Å². The van der Waals surface area contributed by atoms with Gasteiger partial charge in [-0.1, -0.05) is 13.0 Å². The molecule has 0 unspecified atom stereocenters. The zero-order valence-corrected chi connectivity index (χ0v) is 10.7. The zero-order valence-electron chi connectivity index (χ0n) is 10.7. The van der Waals surface area contributed by atoms with E-state index >= 15 is 0 Å². The quantitative estimate of drug-likeness (QED) is 0.778. The number of rotatable bonds is 5. The van der Waals surface area contributed by atoms with Crippen LogP contribution >= 0.6 is 0 Å². The molecular formula is C13H22N2O. The number of hydrogen-bond donors (Lipinski definition) is 1. The second-order valence-corrected chi connectivity index (χ2v) is 4.23. The summed E-state index contributed by atoms with van der Waals surface area (Å²) in [5.41, 5.74) is 7.66. The number of nitrogen functional groups attached to an aromatic ring is 1. The van der Waals surface area contributed by atoms with Gasteiger partial charge in [0.05, 0.1) is 7.11 Å². The topological polar surface area (TPSA) is 38.5 Å². The number of ether oxygens (including phenoxy) is 1. The lowest BCUT2D eigenvalue weighted by Gasteiger charge is -2.25. The van der Waals surface area contributed by atoms with Crippen LogP contribution in [-0.4, -0.2) is 24.6 Å². The molecule has 90 valence electrons. The van der Waals surface area contributed by atoms with E-state index in [2.05, 4.69) is 25.7 Å². The van der Waals surface area contributed by atoms with Crippen molar-refractivity contribution in [2.24, 2.45) is 0 Å². The maximum atomic E-state index is 5.73. The molecule has 2 N–H and O–H groups in total. The molecule has 0 spiro atoms. The number of methoxy groups -OCH3 is 1. The first-order valence-electron chi connectivity index (χ1n) is 5.75. The summed E-state index contributed by atoms with van der Waals surface area (Å²) in [6.45, 7) is 8.51. The molecule has 0 saturated carbocycles. The molecule has 0 bridgehead atoms. The third kappa shape index (κ3) is 3.14. The van der Waals surface area contributed by atoms with Crippen LogP contribution in [0.15, 0.2) is 18.2 Å². The van der Waals surface area contributed by atoms with E-state index in [0.717, 1.165) is 24.5 Å². The Hall–Kier alpha value is -1.22. The van der Waals surface area contributed by atoms with Crippen LogP contribution in [0.25, 0.3) is 0 Å². The molecule has 1 aromatic carbocycles. The van der Waals surface area contributed by atoms with E-state index in [9.17, 15) is 0 Å². The Bertz CT molecular complexity index is 337. The van der Waals surface area contributed by atoms with Gasteiger partial charge in [-0.15, -0.1) is 0 Å². The largest absolute Gasteiger partial charge is 0.496 e. The molecule has 0 aliphatic heterocycles. The summed E-state index contributed by atoms with van der Waals surface area (Å²) < 4.78 is 5.34. The highest BCUT2D eigenvalue weighted by molar-refractivity contribution is 5.48. The molecule has 0 heterocycles. The van der Waals surface area contributed by atoms with Gasteiger partial charge in [-0.05, 0) is 26.5 Å². The van der Waals surface area contributed by atoms with E-state index in [4.69, 9.17) is 10.5 Å². The van der Waals surface area contributed by atoms with Crippen LogP contribution in [0.4, 0.5) is 5.69 Å². The van der Waals surface area contributed by atoms with E-state index in [1.807, 2.05) is 18.2 Å². The lowest BCUT2D eigenvalue weighted by Crippen LogP contribution is -2.30. The summed E-state index contributed by atoms with van der Waals surface area (Å²) in [5, 5.41) is 0. The third-order valence-electron chi connectivity index (χ3n) is 2.82. The van der Waals surface area contributed by atoms with Gasteiger partial charge in [0.2, 0.25) is 0 Å². The first-order valence-corrected chi connectivity index (χ1v) is 5.75. The summed E-state index contributed by atoms with van der Waals surface area (Å²) in [7, 11) is 1.68. The Morgan fingerprint density at radius 2 is 2.06 bits per heavy atom. The molecule has 1 rings (SSSR count). The summed E-state index contributed by atoms with van der Waals surface area (Å²) in [6, 6.07) is 6.38. The van der Waals surface area contributed by atoms with Gasteiger partial charge in [0, 0.05) is 29.9 Å². The lowest BCUT2D eigenvalue weighted by atomic mass is 10.1. The highest BCUT2D eigenvalue weighted by Gasteiger charge is 2.11. The minimum absolute atomic E-state index is 0.534. The maximum absolute atomic E-state index is 5.73. The number of nitrogens with zero attached hydrogens (tertiary/aromatic N) is 1. The van der Waals surface area contributed by atoms with Crippen molar-refractivity contribution in [3.05, 3.63) is 23.8 Å². The summed E-state index contributed by atoms with van der Waals surface area (Å²) >= 11 is 0. The highest BCUT2D eigenvalue weighted by Crippen LogP contribution is 2.23. The average Bonchev–Trinajstić information content (AvgIpc) is 2.26. The van der Waals surface area contributed by atoms with Gasteiger partial charge in [0.15, 0.2) is 0 Å². The number of nitrogens with two attached hydrogens (primary N) is 1. The minimum atomic E-state index is 0.534. The fraction of sp³-hybridized carbons (Fsp3) is 0.538. The molecule has 16 heavy (non-hydrogen) atoms.